The lowest BCUT2D eigenvalue weighted by molar-refractivity contribution is 0.768. The summed E-state index contributed by atoms with van der Waals surface area (Å²) in [5, 5.41) is 2.64. The van der Waals surface area contributed by atoms with Crippen LogP contribution in [0.5, 0.6) is 0 Å². The van der Waals surface area contributed by atoms with Crippen molar-refractivity contribution < 1.29 is 0 Å². The lowest BCUT2D eigenvalue weighted by Crippen LogP contribution is -2.28. The van der Waals surface area contributed by atoms with Crippen LogP contribution in [0.25, 0.3) is 75.8 Å². The van der Waals surface area contributed by atoms with Crippen molar-refractivity contribution in [3.8, 4) is 55.6 Å². The van der Waals surface area contributed by atoms with Crippen LogP contribution in [0.15, 0.2) is 273 Å². The topological polar surface area (TPSA) is 3.24 Å². The number of fused-ring (bicyclic) bond motifs is 6. The number of hydrogen-bond acceptors (Lipinski definition) is 2. The SMILES string of the molecule is c1ccc(-c2ccc(-c3ccc(N(c4ccc(-c5cccc(-c6cccc7c6sc6ccccc67)c5)cc4)c4ccc(C5(c6ccccc6)c6ccccc6-c6ccccc65)cc4)cc3)cc2)cc1. The number of thiophene rings is 1. The molecule has 69 heavy (non-hydrogen) atoms. The molecule has 1 aliphatic carbocycles. The summed E-state index contributed by atoms with van der Waals surface area (Å²) in [6.07, 6.45) is 0. The second-order valence-corrected chi connectivity index (χ2v) is 19.0. The van der Waals surface area contributed by atoms with Gasteiger partial charge in [0, 0.05) is 37.2 Å². The monoisotopic (exact) mass is 895 g/mol. The summed E-state index contributed by atoms with van der Waals surface area (Å²) in [6, 6.07) is 100. The van der Waals surface area contributed by atoms with E-state index in [-0.39, 0.29) is 0 Å². The first-order valence-electron chi connectivity index (χ1n) is 23.7. The lowest BCUT2D eigenvalue weighted by Gasteiger charge is -2.34. The number of rotatable bonds is 9. The molecule has 1 aromatic heterocycles. The molecule has 0 saturated carbocycles. The highest BCUT2D eigenvalue weighted by atomic mass is 32.1. The van der Waals surface area contributed by atoms with Crippen molar-refractivity contribution in [3.63, 3.8) is 0 Å². The van der Waals surface area contributed by atoms with Gasteiger partial charge in [-0.15, -0.1) is 11.3 Å². The molecule has 11 aromatic carbocycles. The van der Waals surface area contributed by atoms with Crippen LogP contribution in [0.3, 0.4) is 0 Å². The standard InChI is InChI=1S/C67H45NS/c1-3-15-46(16-4-1)47-29-31-48(32-30-47)49-33-39-55(40-34-49)68(56-41-35-50(36-42-56)51-17-13-18-52(45-51)58-24-14-25-62-61-23-9-12-28-65(61)69-66(58)62)57-43-37-54(38-44-57)67(53-19-5-2-6-20-53)63-26-10-7-21-59(63)60-22-8-11-27-64(60)67/h1-45H. The fraction of sp³-hybridized carbons (Fsp3) is 0.0149. The first-order chi connectivity index (χ1) is 34.2. The summed E-state index contributed by atoms with van der Waals surface area (Å²) in [5.74, 6) is 0. The minimum Gasteiger partial charge on any atom is -0.311 e. The zero-order chi connectivity index (χ0) is 45.7. The van der Waals surface area contributed by atoms with Crippen molar-refractivity contribution in [1.82, 2.24) is 0 Å². The van der Waals surface area contributed by atoms with Gasteiger partial charge >= 0.3 is 0 Å². The van der Waals surface area contributed by atoms with E-state index in [2.05, 4.69) is 278 Å². The molecule has 0 aliphatic heterocycles. The lowest BCUT2D eigenvalue weighted by atomic mass is 9.68. The summed E-state index contributed by atoms with van der Waals surface area (Å²) in [5.41, 5.74) is 20.2. The van der Waals surface area contributed by atoms with E-state index in [1.807, 2.05) is 11.3 Å². The molecule has 0 amide bonds. The van der Waals surface area contributed by atoms with Crippen molar-refractivity contribution in [2.75, 3.05) is 4.90 Å². The van der Waals surface area contributed by atoms with Gasteiger partial charge in [0.05, 0.1) is 5.41 Å². The largest absolute Gasteiger partial charge is 0.311 e. The number of anilines is 3. The van der Waals surface area contributed by atoms with Gasteiger partial charge in [-0.25, -0.2) is 0 Å². The van der Waals surface area contributed by atoms with Crippen LogP contribution in [0.4, 0.5) is 17.1 Å². The van der Waals surface area contributed by atoms with Crippen LogP contribution in [0.1, 0.15) is 22.3 Å². The third-order valence-corrected chi connectivity index (χ3v) is 15.4. The fourth-order valence-corrected chi connectivity index (χ4v) is 12.2. The normalized spacial score (nSPS) is 12.5. The molecule has 0 fully saturated rings. The van der Waals surface area contributed by atoms with Crippen molar-refractivity contribution in [1.29, 1.82) is 0 Å². The maximum atomic E-state index is 2.39. The molecule has 0 spiro atoms. The summed E-state index contributed by atoms with van der Waals surface area (Å²) in [4.78, 5) is 2.39. The maximum Gasteiger partial charge on any atom is 0.0713 e. The molecule has 0 radical (unpaired) electrons. The smallest absolute Gasteiger partial charge is 0.0713 e. The van der Waals surface area contributed by atoms with E-state index in [0.717, 1.165) is 17.1 Å². The minimum absolute atomic E-state index is 0.464. The van der Waals surface area contributed by atoms with E-state index in [9.17, 15) is 0 Å². The van der Waals surface area contributed by atoms with Crippen molar-refractivity contribution in [2.45, 2.75) is 5.41 Å². The predicted molar refractivity (Wildman–Crippen MR) is 293 cm³/mol. The average molecular weight is 896 g/mol. The second kappa shape index (κ2) is 16.9. The van der Waals surface area contributed by atoms with Crippen molar-refractivity contribution >= 4 is 48.6 Å². The number of nitrogens with zero attached hydrogens (tertiary/aromatic N) is 1. The fourth-order valence-electron chi connectivity index (χ4n) is 11.0. The van der Waals surface area contributed by atoms with E-state index in [1.54, 1.807) is 0 Å². The first-order valence-corrected chi connectivity index (χ1v) is 24.5. The van der Waals surface area contributed by atoms with Gasteiger partial charge in [0.1, 0.15) is 0 Å². The zero-order valence-electron chi connectivity index (χ0n) is 37.8. The van der Waals surface area contributed by atoms with E-state index in [1.165, 1.54) is 98.1 Å². The Morgan fingerprint density at radius 3 is 1.30 bits per heavy atom. The van der Waals surface area contributed by atoms with Gasteiger partial charge in [0.25, 0.3) is 0 Å². The van der Waals surface area contributed by atoms with Crippen LogP contribution in [-0.2, 0) is 5.41 Å². The average Bonchev–Trinajstić information content (AvgIpc) is 3.96. The van der Waals surface area contributed by atoms with Crippen LogP contribution < -0.4 is 4.90 Å². The molecular weight excluding hydrogens is 851 g/mol. The highest BCUT2D eigenvalue weighted by Crippen LogP contribution is 2.56. The Labute approximate surface area is 407 Å². The zero-order valence-corrected chi connectivity index (χ0v) is 38.7. The van der Waals surface area contributed by atoms with Crippen molar-refractivity contribution in [2.24, 2.45) is 0 Å². The van der Waals surface area contributed by atoms with E-state index in [4.69, 9.17) is 0 Å². The Balaban J connectivity index is 0.894. The molecule has 1 nitrogen and oxygen atoms in total. The van der Waals surface area contributed by atoms with Gasteiger partial charge in [-0.05, 0) is 126 Å². The van der Waals surface area contributed by atoms with Crippen LogP contribution in [0, 0.1) is 0 Å². The Kier molecular flexibility index (Phi) is 10.00. The van der Waals surface area contributed by atoms with E-state index < -0.39 is 5.41 Å². The minimum atomic E-state index is -0.464. The molecular formula is C67H45NS. The molecule has 0 N–H and O–H groups in total. The molecule has 13 rings (SSSR count). The molecule has 324 valence electrons. The highest BCUT2D eigenvalue weighted by molar-refractivity contribution is 7.26. The van der Waals surface area contributed by atoms with E-state index >= 15 is 0 Å². The molecule has 1 aliphatic rings. The highest BCUT2D eigenvalue weighted by Gasteiger charge is 2.45. The number of benzene rings is 11. The van der Waals surface area contributed by atoms with Crippen molar-refractivity contribution in [3.05, 3.63) is 295 Å². The molecule has 0 unspecified atom stereocenters. The Bertz CT molecular complexity index is 3750. The molecule has 12 aromatic rings. The van der Waals surface area contributed by atoms with Crippen LogP contribution in [0.2, 0.25) is 0 Å². The van der Waals surface area contributed by atoms with Crippen LogP contribution in [-0.4, -0.2) is 0 Å². The van der Waals surface area contributed by atoms with Gasteiger partial charge < -0.3 is 4.90 Å². The van der Waals surface area contributed by atoms with Crippen LogP contribution >= 0.6 is 11.3 Å². The van der Waals surface area contributed by atoms with Gasteiger partial charge in [0.15, 0.2) is 0 Å². The van der Waals surface area contributed by atoms with Gasteiger partial charge in [-0.2, -0.15) is 0 Å². The molecule has 0 atom stereocenters. The Morgan fingerprint density at radius 2 is 0.681 bits per heavy atom. The van der Waals surface area contributed by atoms with E-state index in [0.29, 0.717) is 0 Å². The quantitative estimate of drug-likeness (QED) is 0.140. The molecule has 0 bridgehead atoms. The summed E-state index contributed by atoms with van der Waals surface area (Å²) >= 11 is 1.88. The van der Waals surface area contributed by atoms with Gasteiger partial charge in [-0.1, -0.05) is 224 Å². The summed E-state index contributed by atoms with van der Waals surface area (Å²) in [7, 11) is 0. The Hall–Kier alpha value is -8.56. The summed E-state index contributed by atoms with van der Waals surface area (Å²) in [6.45, 7) is 0. The second-order valence-electron chi connectivity index (χ2n) is 18.0. The summed E-state index contributed by atoms with van der Waals surface area (Å²) < 4.78 is 2.65. The molecule has 2 heteroatoms. The Morgan fingerprint density at radius 1 is 0.275 bits per heavy atom. The molecule has 1 heterocycles. The molecule has 0 saturated heterocycles. The van der Waals surface area contributed by atoms with Gasteiger partial charge in [-0.3, -0.25) is 0 Å². The number of hydrogen-bond donors (Lipinski definition) is 0. The predicted octanol–water partition coefficient (Wildman–Crippen LogP) is 18.6. The third kappa shape index (κ3) is 6.91. The van der Waals surface area contributed by atoms with Gasteiger partial charge in [0.2, 0.25) is 0 Å². The third-order valence-electron chi connectivity index (χ3n) is 14.2. The first kappa shape index (κ1) is 40.7. The maximum absolute atomic E-state index is 2.39.